The summed E-state index contributed by atoms with van der Waals surface area (Å²) < 4.78 is 11.4. The van der Waals surface area contributed by atoms with E-state index < -0.39 is 5.54 Å². The van der Waals surface area contributed by atoms with Crippen molar-refractivity contribution in [2.24, 2.45) is 5.73 Å². The summed E-state index contributed by atoms with van der Waals surface area (Å²) in [6, 6.07) is 5.78. The number of methoxy groups -OCH3 is 1. The van der Waals surface area contributed by atoms with Gasteiger partial charge in [-0.15, -0.1) is 12.4 Å². The number of amides is 1. The monoisotopic (exact) mass is 340 g/mol. The molecular formula is C17H25ClN2O3. The molecule has 2 aliphatic rings. The molecule has 0 radical (unpaired) electrons. The number of nitrogens with one attached hydrogen (secondary N) is 1. The maximum atomic E-state index is 11.9. The van der Waals surface area contributed by atoms with E-state index >= 15 is 0 Å². The number of nitrogens with two attached hydrogens (primary N) is 1. The molecule has 0 aromatic heterocycles. The first-order valence-corrected chi connectivity index (χ1v) is 8.01. The molecule has 128 valence electrons. The lowest BCUT2D eigenvalue weighted by Gasteiger charge is -2.17. The second-order valence-electron chi connectivity index (χ2n) is 6.35. The maximum absolute atomic E-state index is 11.9. The van der Waals surface area contributed by atoms with Crippen LogP contribution in [0.2, 0.25) is 0 Å². The van der Waals surface area contributed by atoms with Crippen molar-refractivity contribution in [2.75, 3.05) is 7.11 Å². The fourth-order valence-corrected chi connectivity index (χ4v) is 2.83. The molecule has 1 aromatic rings. The van der Waals surface area contributed by atoms with Gasteiger partial charge in [0, 0.05) is 6.54 Å². The van der Waals surface area contributed by atoms with Gasteiger partial charge in [-0.3, -0.25) is 4.79 Å². The number of ether oxygens (including phenoxy) is 2. The zero-order valence-corrected chi connectivity index (χ0v) is 14.3. The second-order valence-corrected chi connectivity index (χ2v) is 6.35. The van der Waals surface area contributed by atoms with Gasteiger partial charge in [0.05, 0.1) is 18.8 Å². The lowest BCUT2D eigenvalue weighted by Crippen LogP contribution is -2.42. The van der Waals surface area contributed by atoms with Gasteiger partial charge in [-0.2, -0.15) is 0 Å². The molecule has 0 aliphatic heterocycles. The highest BCUT2D eigenvalue weighted by Crippen LogP contribution is 2.33. The van der Waals surface area contributed by atoms with Crippen LogP contribution < -0.4 is 20.5 Å². The molecule has 2 saturated carbocycles. The van der Waals surface area contributed by atoms with Crippen LogP contribution in [0.4, 0.5) is 0 Å². The molecule has 0 saturated heterocycles. The first-order chi connectivity index (χ1) is 10.6. The van der Waals surface area contributed by atoms with E-state index in [-0.39, 0.29) is 24.4 Å². The molecule has 6 heteroatoms. The van der Waals surface area contributed by atoms with Gasteiger partial charge in [0.15, 0.2) is 11.5 Å². The average molecular weight is 341 g/mol. The molecule has 2 fully saturated rings. The fourth-order valence-electron chi connectivity index (χ4n) is 2.83. The first kappa shape index (κ1) is 17.9. The van der Waals surface area contributed by atoms with Crippen molar-refractivity contribution in [1.82, 2.24) is 5.32 Å². The smallest absolute Gasteiger partial charge is 0.240 e. The van der Waals surface area contributed by atoms with Gasteiger partial charge in [0.1, 0.15) is 0 Å². The van der Waals surface area contributed by atoms with E-state index in [1.807, 2.05) is 18.2 Å². The van der Waals surface area contributed by atoms with Crippen LogP contribution in [0.5, 0.6) is 11.5 Å². The van der Waals surface area contributed by atoms with Crippen LogP contribution in [-0.2, 0) is 11.3 Å². The summed E-state index contributed by atoms with van der Waals surface area (Å²) in [5, 5.41) is 2.90. The number of carbonyl (C=O) groups excluding carboxylic acids is 1. The molecule has 1 amide bonds. The SMILES string of the molecule is COc1ccc(CNC(=O)C2(N)CC2)cc1OC1CCCC1.Cl. The summed E-state index contributed by atoms with van der Waals surface area (Å²) in [6.07, 6.45) is 6.47. The van der Waals surface area contributed by atoms with E-state index in [2.05, 4.69) is 5.32 Å². The molecule has 23 heavy (non-hydrogen) atoms. The molecule has 3 rings (SSSR count). The lowest BCUT2D eigenvalue weighted by molar-refractivity contribution is -0.123. The van der Waals surface area contributed by atoms with Gasteiger partial charge in [-0.05, 0) is 56.2 Å². The van der Waals surface area contributed by atoms with Crippen molar-refractivity contribution in [3.63, 3.8) is 0 Å². The molecule has 0 unspecified atom stereocenters. The Hall–Kier alpha value is -1.46. The quantitative estimate of drug-likeness (QED) is 0.834. The normalized spacial score (nSPS) is 18.9. The van der Waals surface area contributed by atoms with Gasteiger partial charge in [-0.1, -0.05) is 6.07 Å². The molecule has 0 atom stereocenters. The van der Waals surface area contributed by atoms with Crippen molar-refractivity contribution in [3.8, 4) is 11.5 Å². The summed E-state index contributed by atoms with van der Waals surface area (Å²) in [6.45, 7) is 0.461. The van der Waals surface area contributed by atoms with Crippen molar-refractivity contribution >= 4 is 18.3 Å². The number of carbonyl (C=O) groups is 1. The summed E-state index contributed by atoms with van der Waals surface area (Å²) >= 11 is 0. The lowest BCUT2D eigenvalue weighted by atomic mass is 10.2. The van der Waals surface area contributed by atoms with Crippen molar-refractivity contribution < 1.29 is 14.3 Å². The predicted molar refractivity (Wildman–Crippen MR) is 91.1 cm³/mol. The number of hydrogen-bond donors (Lipinski definition) is 2. The van der Waals surface area contributed by atoms with Crippen LogP contribution in [0.25, 0.3) is 0 Å². The molecule has 0 heterocycles. The Labute approximate surface area is 143 Å². The maximum Gasteiger partial charge on any atom is 0.240 e. The molecule has 2 aliphatic carbocycles. The highest BCUT2D eigenvalue weighted by molar-refractivity contribution is 5.88. The van der Waals surface area contributed by atoms with E-state index in [1.165, 1.54) is 12.8 Å². The van der Waals surface area contributed by atoms with Gasteiger partial charge < -0.3 is 20.5 Å². The van der Waals surface area contributed by atoms with Gasteiger partial charge in [0.25, 0.3) is 0 Å². The summed E-state index contributed by atoms with van der Waals surface area (Å²) in [7, 11) is 1.64. The Morgan fingerprint density at radius 1 is 1.30 bits per heavy atom. The highest BCUT2D eigenvalue weighted by atomic mass is 35.5. The topological polar surface area (TPSA) is 73.6 Å². The van der Waals surface area contributed by atoms with E-state index in [4.69, 9.17) is 15.2 Å². The molecule has 0 spiro atoms. The number of hydrogen-bond acceptors (Lipinski definition) is 4. The van der Waals surface area contributed by atoms with Crippen molar-refractivity contribution in [2.45, 2.75) is 56.7 Å². The first-order valence-electron chi connectivity index (χ1n) is 8.01. The second kappa shape index (κ2) is 7.41. The minimum absolute atomic E-state index is 0. The third-order valence-corrected chi connectivity index (χ3v) is 4.52. The molecular weight excluding hydrogens is 316 g/mol. The summed E-state index contributed by atoms with van der Waals surface area (Å²) in [4.78, 5) is 11.9. The van der Waals surface area contributed by atoms with Crippen LogP contribution in [0, 0.1) is 0 Å². The Morgan fingerprint density at radius 3 is 2.61 bits per heavy atom. The van der Waals surface area contributed by atoms with Crippen LogP contribution in [0.3, 0.4) is 0 Å². The Kier molecular flexibility index (Phi) is 5.76. The van der Waals surface area contributed by atoms with Gasteiger partial charge in [-0.25, -0.2) is 0 Å². The molecule has 5 nitrogen and oxygen atoms in total. The molecule has 3 N–H and O–H groups in total. The standard InChI is InChI=1S/C17H24N2O3.ClH/c1-21-14-7-6-12(11-19-16(20)17(18)8-9-17)10-15(14)22-13-4-2-3-5-13;/h6-7,10,13H,2-5,8-9,11,18H2,1H3,(H,19,20);1H. The number of halogens is 1. The van der Waals surface area contributed by atoms with Gasteiger partial charge >= 0.3 is 0 Å². The van der Waals surface area contributed by atoms with Crippen LogP contribution in [0.15, 0.2) is 18.2 Å². The van der Waals surface area contributed by atoms with Crippen LogP contribution in [-0.4, -0.2) is 24.7 Å². The minimum Gasteiger partial charge on any atom is -0.493 e. The third kappa shape index (κ3) is 4.30. The minimum atomic E-state index is -0.629. The van der Waals surface area contributed by atoms with E-state index in [1.54, 1.807) is 7.11 Å². The largest absolute Gasteiger partial charge is 0.493 e. The van der Waals surface area contributed by atoms with Crippen molar-refractivity contribution in [1.29, 1.82) is 0 Å². The Morgan fingerprint density at radius 2 is 2.00 bits per heavy atom. The molecule has 1 aromatic carbocycles. The third-order valence-electron chi connectivity index (χ3n) is 4.52. The Bertz CT molecular complexity index is 555. The van der Waals surface area contributed by atoms with Crippen molar-refractivity contribution in [3.05, 3.63) is 23.8 Å². The zero-order valence-electron chi connectivity index (χ0n) is 13.5. The highest BCUT2D eigenvalue weighted by Gasteiger charge is 2.45. The van der Waals surface area contributed by atoms with Gasteiger partial charge in [0.2, 0.25) is 5.91 Å². The van der Waals surface area contributed by atoms with Crippen LogP contribution in [0.1, 0.15) is 44.1 Å². The number of rotatable bonds is 6. The van der Waals surface area contributed by atoms with E-state index in [0.29, 0.717) is 6.54 Å². The Balaban J connectivity index is 0.00000192. The summed E-state index contributed by atoms with van der Waals surface area (Å²) in [5.74, 6) is 1.43. The zero-order chi connectivity index (χ0) is 15.6. The van der Waals surface area contributed by atoms with E-state index in [9.17, 15) is 4.79 Å². The number of benzene rings is 1. The average Bonchev–Trinajstić information content (AvgIpc) is 3.07. The summed E-state index contributed by atoms with van der Waals surface area (Å²) in [5.41, 5.74) is 6.24. The van der Waals surface area contributed by atoms with Crippen LogP contribution >= 0.6 is 12.4 Å². The fraction of sp³-hybridized carbons (Fsp3) is 0.588. The predicted octanol–water partition coefficient (Wildman–Crippen LogP) is 2.55. The van der Waals surface area contributed by atoms with E-state index in [0.717, 1.165) is 42.7 Å². The molecule has 0 bridgehead atoms.